The van der Waals surface area contributed by atoms with Gasteiger partial charge in [-0.05, 0) is 42.0 Å². The van der Waals surface area contributed by atoms with Gasteiger partial charge in [-0.25, -0.2) is 0 Å². The predicted octanol–water partition coefficient (Wildman–Crippen LogP) is 3.42. The van der Waals surface area contributed by atoms with Crippen molar-refractivity contribution in [1.29, 1.82) is 0 Å². The fourth-order valence-electron chi connectivity index (χ4n) is 1.39. The molecule has 2 rings (SSSR count). The molecule has 0 bridgehead atoms. The molecule has 1 heterocycles. The molecule has 76 valence electrons. The van der Waals surface area contributed by atoms with Crippen molar-refractivity contribution in [1.82, 2.24) is 4.98 Å². The average Bonchev–Trinajstić information content (AvgIpc) is 2.29. The number of ether oxygens (including phenoxy) is 1. The lowest BCUT2D eigenvalue weighted by atomic mass is 10.1. The second kappa shape index (κ2) is 4.28. The molecule has 0 unspecified atom stereocenters. The third-order valence-corrected chi connectivity index (χ3v) is 2.41. The largest absolute Gasteiger partial charge is 0.497 e. The summed E-state index contributed by atoms with van der Waals surface area (Å²) in [7, 11) is 1.66. The van der Waals surface area contributed by atoms with Crippen LogP contribution in [0.25, 0.3) is 11.3 Å². The molecule has 1 aromatic heterocycles. The van der Waals surface area contributed by atoms with Gasteiger partial charge in [-0.2, -0.15) is 0 Å². The monoisotopic (exact) mass is 217 g/mol. The number of aromatic nitrogens is 1. The van der Waals surface area contributed by atoms with Crippen LogP contribution in [0.2, 0.25) is 0 Å². The highest BCUT2D eigenvalue weighted by Crippen LogP contribution is 2.19. The maximum Gasteiger partial charge on any atom is 0.118 e. The summed E-state index contributed by atoms with van der Waals surface area (Å²) in [5.41, 5.74) is 2.12. The molecular weight excluding hydrogens is 206 g/mol. The van der Waals surface area contributed by atoms with Crippen LogP contribution < -0.4 is 4.74 Å². The molecule has 0 aliphatic rings. The summed E-state index contributed by atoms with van der Waals surface area (Å²) in [6, 6.07) is 13.7. The summed E-state index contributed by atoms with van der Waals surface area (Å²) in [5, 5.41) is 0. The van der Waals surface area contributed by atoms with Gasteiger partial charge in [0.05, 0.1) is 7.11 Å². The van der Waals surface area contributed by atoms with E-state index in [0.717, 1.165) is 21.6 Å². The van der Waals surface area contributed by atoms with E-state index in [0.29, 0.717) is 0 Å². The standard InChI is InChI=1S/C12H11NOS/c1-14-10-7-5-9(6-8-10)11-3-2-4-12(15)13-11/h2-8H,1H3,(H,13,15). The van der Waals surface area contributed by atoms with E-state index in [1.54, 1.807) is 7.11 Å². The summed E-state index contributed by atoms with van der Waals surface area (Å²) >= 11 is 5.07. The van der Waals surface area contributed by atoms with Gasteiger partial charge in [0.2, 0.25) is 0 Å². The van der Waals surface area contributed by atoms with Gasteiger partial charge >= 0.3 is 0 Å². The molecule has 0 spiro atoms. The number of aromatic amines is 1. The first-order chi connectivity index (χ1) is 7.29. The SMILES string of the molecule is COc1ccc(-c2cccc(=S)[nH]2)cc1. The number of hydrogen-bond donors (Lipinski definition) is 1. The Kier molecular flexibility index (Phi) is 2.83. The summed E-state index contributed by atoms with van der Waals surface area (Å²) < 4.78 is 5.84. The molecule has 0 fully saturated rings. The Labute approximate surface area is 93.5 Å². The number of benzene rings is 1. The van der Waals surface area contributed by atoms with Gasteiger partial charge in [-0.15, -0.1) is 0 Å². The van der Waals surface area contributed by atoms with Gasteiger partial charge < -0.3 is 9.72 Å². The second-order valence-electron chi connectivity index (χ2n) is 3.16. The lowest BCUT2D eigenvalue weighted by Gasteiger charge is -2.03. The lowest BCUT2D eigenvalue weighted by Crippen LogP contribution is -1.85. The molecule has 0 saturated heterocycles. The van der Waals surface area contributed by atoms with E-state index in [-0.39, 0.29) is 0 Å². The van der Waals surface area contributed by atoms with Gasteiger partial charge in [0.1, 0.15) is 10.4 Å². The quantitative estimate of drug-likeness (QED) is 0.780. The zero-order valence-corrected chi connectivity index (χ0v) is 9.17. The maximum absolute atomic E-state index is 5.10. The zero-order chi connectivity index (χ0) is 10.7. The molecule has 0 amide bonds. The van der Waals surface area contributed by atoms with Crippen molar-refractivity contribution in [3.05, 3.63) is 47.1 Å². The number of methoxy groups -OCH3 is 1. The van der Waals surface area contributed by atoms with Crippen molar-refractivity contribution in [2.75, 3.05) is 7.11 Å². The first-order valence-electron chi connectivity index (χ1n) is 4.63. The predicted molar refractivity (Wildman–Crippen MR) is 63.6 cm³/mol. The zero-order valence-electron chi connectivity index (χ0n) is 8.36. The van der Waals surface area contributed by atoms with Gasteiger partial charge in [-0.1, -0.05) is 18.3 Å². The first-order valence-corrected chi connectivity index (χ1v) is 5.04. The Hall–Kier alpha value is -1.61. The fourth-order valence-corrected chi connectivity index (χ4v) is 1.58. The summed E-state index contributed by atoms with van der Waals surface area (Å²) in [4.78, 5) is 3.14. The fraction of sp³-hybridized carbons (Fsp3) is 0.0833. The molecule has 2 nitrogen and oxygen atoms in total. The molecular formula is C12H11NOS. The van der Waals surface area contributed by atoms with E-state index in [1.807, 2.05) is 42.5 Å². The average molecular weight is 217 g/mol. The van der Waals surface area contributed by atoms with E-state index in [2.05, 4.69) is 4.98 Å². The van der Waals surface area contributed by atoms with Crippen molar-refractivity contribution in [2.24, 2.45) is 0 Å². The van der Waals surface area contributed by atoms with Crippen LogP contribution >= 0.6 is 12.2 Å². The van der Waals surface area contributed by atoms with Gasteiger partial charge in [0, 0.05) is 5.69 Å². The minimum atomic E-state index is 0.739. The van der Waals surface area contributed by atoms with E-state index >= 15 is 0 Å². The Morgan fingerprint density at radius 2 is 1.80 bits per heavy atom. The number of rotatable bonds is 2. The number of pyridine rings is 1. The smallest absolute Gasteiger partial charge is 0.118 e. The van der Waals surface area contributed by atoms with Crippen molar-refractivity contribution in [2.45, 2.75) is 0 Å². The molecule has 0 aliphatic heterocycles. The van der Waals surface area contributed by atoms with Crippen LogP contribution in [-0.2, 0) is 0 Å². The molecule has 15 heavy (non-hydrogen) atoms. The summed E-state index contributed by atoms with van der Waals surface area (Å²) in [6.45, 7) is 0. The van der Waals surface area contributed by atoms with Crippen molar-refractivity contribution in [3.63, 3.8) is 0 Å². The minimum absolute atomic E-state index is 0.739. The third kappa shape index (κ3) is 2.25. The highest BCUT2D eigenvalue weighted by atomic mass is 32.1. The second-order valence-corrected chi connectivity index (χ2v) is 3.60. The normalized spacial score (nSPS) is 9.93. The van der Waals surface area contributed by atoms with Crippen LogP contribution in [0.1, 0.15) is 0 Å². The highest BCUT2D eigenvalue weighted by Gasteiger charge is 1.97. The van der Waals surface area contributed by atoms with Crippen LogP contribution in [0.4, 0.5) is 0 Å². The van der Waals surface area contributed by atoms with Gasteiger partial charge in [-0.3, -0.25) is 0 Å². The molecule has 0 radical (unpaired) electrons. The van der Waals surface area contributed by atoms with Crippen LogP contribution in [0.5, 0.6) is 5.75 Å². The van der Waals surface area contributed by atoms with Crippen LogP contribution in [0.15, 0.2) is 42.5 Å². The number of hydrogen-bond acceptors (Lipinski definition) is 2. The maximum atomic E-state index is 5.10. The molecule has 0 atom stereocenters. The van der Waals surface area contributed by atoms with Crippen molar-refractivity contribution < 1.29 is 4.74 Å². The van der Waals surface area contributed by atoms with E-state index in [1.165, 1.54) is 0 Å². The molecule has 1 aromatic carbocycles. The molecule has 2 aromatic rings. The van der Waals surface area contributed by atoms with Crippen molar-refractivity contribution >= 4 is 12.2 Å². The Morgan fingerprint density at radius 3 is 2.40 bits per heavy atom. The number of nitrogens with one attached hydrogen (secondary N) is 1. The van der Waals surface area contributed by atoms with Gasteiger partial charge in [0.15, 0.2) is 0 Å². The topological polar surface area (TPSA) is 25.0 Å². The minimum Gasteiger partial charge on any atom is -0.497 e. The van der Waals surface area contributed by atoms with Gasteiger partial charge in [0.25, 0.3) is 0 Å². The molecule has 3 heteroatoms. The van der Waals surface area contributed by atoms with Crippen LogP contribution in [0, 0.1) is 4.64 Å². The summed E-state index contributed by atoms with van der Waals surface area (Å²) in [6.07, 6.45) is 0. The Bertz CT molecular complexity index is 502. The summed E-state index contributed by atoms with van der Waals surface area (Å²) in [5.74, 6) is 0.855. The first kappa shape index (κ1) is 9.93. The molecule has 0 saturated carbocycles. The lowest BCUT2D eigenvalue weighted by molar-refractivity contribution is 0.415. The molecule has 1 N–H and O–H groups in total. The van der Waals surface area contributed by atoms with E-state index in [4.69, 9.17) is 17.0 Å². The van der Waals surface area contributed by atoms with Crippen LogP contribution in [0.3, 0.4) is 0 Å². The van der Waals surface area contributed by atoms with Crippen molar-refractivity contribution in [3.8, 4) is 17.0 Å². The molecule has 0 aliphatic carbocycles. The Morgan fingerprint density at radius 1 is 1.07 bits per heavy atom. The van der Waals surface area contributed by atoms with E-state index in [9.17, 15) is 0 Å². The Balaban J connectivity index is 2.41. The highest BCUT2D eigenvalue weighted by molar-refractivity contribution is 7.71. The van der Waals surface area contributed by atoms with E-state index < -0.39 is 0 Å². The number of H-pyrrole nitrogens is 1. The third-order valence-electron chi connectivity index (χ3n) is 2.17. The van der Waals surface area contributed by atoms with Crippen LogP contribution in [-0.4, -0.2) is 12.1 Å².